The minimum Gasteiger partial charge on any atom is -0.490 e. The normalized spacial score (nSPS) is 30.2. The molecule has 0 radical (unpaired) electrons. The molecule has 4 aliphatic carbocycles. The molecule has 0 spiro atoms. The number of carbonyl (C=O) groups excluding carboxylic acids is 1. The molecule has 0 amide bonds. The van der Waals surface area contributed by atoms with Gasteiger partial charge < -0.3 is 19.3 Å². The van der Waals surface area contributed by atoms with Crippen LogP contribution in [-0.2, 0) is 27.4 Å². The Hall–Kier alpha value is -4.14. The second-order valence-electron chi connectivity index (χ2n) is 22.8. The molecule has 2 heterocycles. The lowest BCUT2D eigenvalue weighted by Gasteiger charge is -2.37. The zero-order chi connectivity index (χ0) is 44.9. The van der Waals surface area contributed by atoms with Crippen molar-refractivity contribution in [3.05, 3.63) is 83.9 Å². The molecule has 10 rings (SSSR count). The van der Waals surface area contributed by atoms with Gasteiger partial charge in [-0.05, 0) is 174 Å². The second kappa shape index (κ2) is 18.3. The van der Waals surface area contributed by atoms with Gasteiger partial charge in [-0.2, -0.15) is 0 Å². The van der Waals surface area contributed by atoms with Crippen LogP contribution in [0.25, 0.3) is 21.5 Å². The van der Waals surface area contributed by atoms with Crippen LogP contribution in [0.5, 0.6) is 11.5 Å². The van der Waals surface area contributed by atoms with Crippen LogP contribution in [0.4, 0.5) is 0 Å². The number of fused-ring (bicyclic) bond motifs is 4. The van der Waals surface area contributed by atoms with Gasteiger partial charge in [0.25, 0.3) is 0 Å². The van der Waals surface area contributed by atoms with E-state index in [1.807, 2.05) is 6.92 Å². The summed E-state index contributed by atoms with van der Waals surface area (Å²) in [5.74, 6) is 4.81. The van der Waals surface area contributed by atoms with Crippen LogP contribution in [0, 0.1) is 58.2 Å². The summed E-state index contributed by atoms with van der Waals surface area (Å²) >= 11 is 0. The SMILES string of the molecule is CC(C)(C)C1CCC(Oc2ccc3cc(CN4CC5C(C4)C5C(=O)O)ccc3c2)CC1.CCOC(=O)C1C2CN(Cc3ccc4cc(OC5CCC(C(C)(C)C)CC5)ccc4c3)CC21. The van der Waals surface area contributed by atoms with E-state index < -0.39 is 5.97 Å². The van der Waals surface area contributed by atoms with Crippen molar-refractivity contribution < 1.29 is 28.9 Å². The van der Waals surface area contributed by atoms with E-state index in [0.29, 0.717) is 53.3 Å². The zero-order valence-electron chi connectivity index (χ0n) is 39.7. The van der Waals surface area contributed by atoms with E-state index in [4.69, 9.17) is 14.2 Å². The molecule has 2 saturated heterocycles. The summed E-state index contributed by atoms with van der Waals surface area (Å²) in [5, 5.41) is 14.2. The Morgan fingerprint density at radius 3 is 1.30 bits per heavy atom. The monoisotopic (exact) mass is 871 g/mol. The van der Waals surface area contributed by atoms with Gasteiger partial charge >= 0.3 is 11.9 Å². The minimum atomic E-state index is -0.611. The van der Waals surface area contributed by atoms with Crippen LogP contribution in [-0.4, -0.2) is 71.8 Å². The molecule has 4 saturated carbocycles. The van der Waals surface area contributed by atoms with Gasteiger partial charge in [-0.1, -0.05) is 77.9 Å². The fraction of sp³-hybridized carbons (Fsp3) is 0.607. The Balaban J connectivity index is 0.000000162. The molecular formula is C56H74N2O6. The highest BCUT2D eigenvalue weighted by atomic mass is 16.5. The molecule has 8 heteroatoms. The summed E-state index contributed by atoms with van der Waals surface area (Å²) in [6.07, 6.45) is 10.4. The van der Waals surface area contributed by atoms with Gasteiger partial charge in [-0.25, -0.2) is 0 Å². The summed E-state index contributed by atoms with van der Waals surface area (Å²) in [5.41, 5.74) is 3.45. The van der Waals surface area contributed by atoms with Gasteiger partial charge in [-0.3, -0.25) is 19.4 Å². The Bertz CT molecular complexity index is 2270. The Kier molecular flexibility index (Phi) is 12.9. The summed E-state index contributed by atoms with van der Waals surface area (Å²) in [6, 6.07) is 26.5. The number of aliphatic carboxylic acids is 1. The molecule has 0 bridgehead atoms. The Morgan fingerprint density at radius 2 is 0.922 bits per heavy atom. The Labute approximate surface area is 382 Å². The second-order valence-corrected chi connectivity index (χ2v) is 22.8. The van der Waals surface area contributed by atoms with Crippen molar-refractivity contribution in [2.75, 3.05) is 32.8 Å². The number of benzene rings is 4. The van der Waals surface area contributed by atoms with E-state index in [9.17, 15) is 14.7 Å². The molecule has 4 unspecified atom stereocenters. The van der Waals surface area contributed by atoms with Crippen LogP contribution in [0.3, 0.4) is 0 Å². The molecule has 4 aromatic carbocycles. The predicted molar refractivity (Wildman–Crippen MR) is 255 cm³/mol. The first-order chi connectivity index (χ1) is 30.6. The van der Waals surface area contributed by atoms with Crippen molar-refractivity contribution in [1.29, 1.82) is 0 Å². The van der Waals surface area contributed by atoms with Crippen LogP contribution >= 0.6 is 0 Å². The zero-order valence-corrected chi connectivity index (χ0v) is 39.7. The number of piperidine rings is 2. The van der Waals surface area contributed by atoms with Crippen molar-refractivity contribution in [2.45, 2.75) is 125 Å². The number of rotatable bonds is 11. The summed E-state index contributed by atoms with van der Waals surface area (Å²) in [6.45, 7) is 22.3. The van der Waals surface area contributed by atoms with Gasteiger partial charge in [0, 0.05) is 39.3 Å². The Morgan fingerprint density at radius 1 is 0.547 bits per heavy atom. The molecule has 6 aliphatic rings. The molecule has 0 aromatic heterocycles. The van der Waals surface area contributed by atoms with Crippen molar-refractivity contribution in [1.82, 2.24) is 9.80 Å². The molecule has 1 N–H and O–H groups in total. The molecule has 8 nitrogen and oxygen atoms in total. The van der Waals surface area contributed by atoms with E-state index in [2.05, 4.69) is 124 Å². The van der Waals surface area contributed by atoms with Crippen molar-refractivity contribution in [3.8, 4) is 11.5 Å². The number of hydrogen-bond donors (Lipinski definition) is 1. The molecular weight excluding hydrogens is 797 g/mol. The average Bonchev–Trinajstić information content (AvgIpc) is 4.00. The quantitative estimate of drug-likeness (QED) is 0.149. The molecule has 64 heavy (non-hydrogen) atoms. The highest BCUT2D eigenvalue weighted by Crippen LogP contribution is 2.53. The largest absolute Gasteiger partial charge is 0.490 e. The van der Waals surface area contributed by atoms with Gasteiger partial charge in [-0.15, -0.1) is 0 Å². The topological polar surface area (TPSA) is 88.5 Å². The van der Waals surface area contributed by atoms with E-state index in [-0.39, 0.29) is 17.8 Å². The van der Waals surface area contributed by atoms with Crippen LogP contribution in [0.1, 0.15) is 111 Å². The number of esters is 1. The number of carboxylic acids is 1. The van der Waals surface area contributed by atoms with Crippen LogP contribution < -0.4 is 9.47 Å². The highest BCUT2D eigenvalue weighted by molar-refractivity contribution is 5.85. The lowest BCUT2D eigenvalue weighted by molar-refractivity contribution is -0.145. The summed E-state index contributed by atoms with van der Waals surface area (Å²) in [7, 11) is 0. The first-order valence-corrected chi connectivity index (χ1v) is 24.8. The first-order valence-electron chi connectivity index (χ1n) is 24.8. The fourth-order valence-corrected chi connectivity index (χ4v) is 12.3. The first kappa shape index (κ1) is 45.0. The third-order valence-corrected chi connectivity index (χ3v) is 16.4. The third-order valence-electron chi connectivity index (χ3n) is 16.4. The van der Waals surface area contributed by atoms with E-state index >= 15 is 0 Å². The highest BCUT2D eigenvalue weighted by Gasteiger charge is 2.60. The average molecular weight is 871 g/mol. The maximum absolute atomic E-state index is 12.0. The summed E-state index contributed by atoms with van der Waals surface area (Å²) in [4.78, 5) is 28.0. The number of carbonyl (C=O) groups is 2. The van der Waals surface area contributed by atoms with Crippen molar-refractivity contribution in [3.63, 3.8) is 0 Å². The number of nitrogens with zero attached hydrogens (tertiary/aromatic N) is 2. The molecule has 6 fully saturated rings. The van der Waals surface area contributed by atoms with Crippen molar-refractivity contribution in [2.24, 2.45) is 58.2 Å². The smallest absolute Gasteiger partial charge is 0.309 e. The minimum absolute atomic E-state index is 0.0122. The van der Waals surface area contributed by atoms with Crippen LogP contribution in [0.15, 0.2) is 72.8 Å². The number of likely N-dealkylation sites (tertiary alicyclic amines) is 2. The number of ether oxygens (including phenoxy) is 3. The van der Waals surface area contributed by atoms with E-state index in [1.165, 1.54) is 58.4 Å². The number of hydrogen-bond acceptors (Lipinski definition) is 7. The van der Waals surface area contributed by atoms with Gasteiger partial charge in [0.15, 0.2) is 0 Å². The summed E-state index contributed by atoms with van der Waals surface area (Å²) < 4.78 is 17.9. The van der Waals surface area contributed by atoms with Crippen LogP contribution in [0.2, 0.25) is 0 Å². The fourth-order valence-electron chi connectivity index (χ4n) is 12.3. The molecule has 344 valence electrons. The van der Waals surface area contributed by atoms with E-state index in [1.54, 1.807) is 0 Å². The van der Waals surface area contributed by atoms with Gasteiger partial charge in [0.2, 0.25) is 0 Å². The molecule has 4 atom stereocenters. The van der Waals surface area contributed by atoms with Gasteiger partial charge in [0.1, 0.15) is 11.5 Å². The van der Waals surface area contributed by atoms with Gasteiger partial charge in [0.05, 0.1) is 30.7 Å². The third kappa shape index (κ3) is 10.3. The molecule has 2 aliphatic heterocycles. The lowest BCUT2D eigenvalue weighted by atomic mass is 9.72. The van der Waals surface area contributed by atoms with E-state index in [0.717, 1.165) is 88.3 Å². The standard InChI is InChI=1S/C29H39NO3.C27H35NO3/c1-5-32-28(31)27-25-17-30(18-26(25)27)16-19-6-7-21-15-24(11-8-20(21)14-19)33-23-12-9-22(10-13-23)29(2,3)4;1-27(2,3)20-7-10-21(11-8-20)31-22-9-6-18-12-17(4-5-19(18)13-22)14-28-15-23-24(16-28)25(23)26(29)30/h6-8,11,14-15,22-23,25-27H,5,9-10,12-13,16-18H2,1-4H3;4-6,9,12-13,20-21,23-25H,7-8,10-11,14-16H2,1-3H3,(H,29,30). The maximum Gasteiger partial charge on any atom is 0.309 e. The maximum atomic E-state index is 12.0. The number of carboxylic acid groups (broad SMARTS) is 1. The van der Waals surface area contributed by atoms with Crippen molar-refractivity contribution >= 4 is 33.5 Å². The molecule has 4 aromatic rings. The lowest BCUT2D eigenvalue weighted by Crippen LogP contribution is -2.30. The predicted octanol–water partition coefficient (Wildman–Crippen LogP) is 11.7.